The molecule has 0 saturated heterocycles. The third-order valence-electron chi connectivity index (χ3n) is 2.26. The minimum atomic E-state index is -1.02. The molecule has 4 nitrogen and oxygen atoms in total. The molecule has 0 aliphatic heterocycles. The van der Waals surface area contributed by atoms with E-state index in [1.807, 2.05) is 0 Å². The maximum atomic E-state index is 11.7. The summed E-state index contributed by atoms with van der Waals surface area (Å²) in [5, 5.41) is 0. The lowest BCUT2D eigenvalue weighted by Gasteiger charge is -2.24. The van der Waals surface area contributed by atoms with E-state index in [9.17, 15) is 4.79 Å². The van der Waals surface area contributed by atoms with Gasteiger partial charge in [0.1, 0.15) is 11.5 Å². The highest BCUT2D eigenvalue weighted by molar-refractivity contribution is 9.10. The van der Waals surface area contributed by atoms with Gasteiger partial charge in [0, 0.05) is 0 Å². The number of benzene rings is 1. The van der Waals surface area contributed by atoms with Crippen LogP contribution in [0.15, 0.2) is 22.7 Å². The van der Waals surface area contributed by atoms with Crippen molar-refractivity contribution in [1.82, 2.24) is 0 Å². The van der Waals surface area contributed by atoms with Gasteiger partial charge in [0.05, 0.1) is 18.2 Å². The molecule has 0 aromatic heterocycles. The molecule has 5 heteroatoms. The van der Waals surface area contributed by atoms with Crippen molar-refractivity contribution >= 4 is 21.9 Å². The Morgan fingerprint density at radius 1 is 1.39 bits per heavy atom. The molecule has 0 unspecified atom stereocenters. The zero-order chi connectivity index (χ0) is 13.8. The number of carbonyl (C=O) groups is 1. The summed E-state index contributed by atoms with van der Waals surface area (Å²) in [6, 6.07) is 5.25. The molecule has 0 fully saturated rings. The largest absolute Gasteiger partial charge is 0.496 e. The lowest BCUT2D eigenvalue weighted by Crippen LogP contribution is -2.39. The zero-order valence-corrected chi connectivity index (χ0v) is 12.5. The fourth-order valence-electron chi connectivity index (χ4n) is 1.35. The molecule has 0 spiro atoms. The topological polar surface area (TPSA) is 44.8 Å². The lowest BCUT2D eigenvalue weighted by atomic mass is 10.1. The van der Waals surface area contributed by atoms with Gasteiger partial charge in [0.2, 0.25) is 0 Å². The second kappa shape index (κ2) is 6.09. The Labute approximate surface area is 115 Å². The van der Waals surface area contributed by atoms with Crippen molar-refractivity contribution in [3.63, 3.8) is 0 Å². The van der Waals surface area contributed by atoms with E-state index in [2.05, 4.69) is 15.9 Å². The van der Waals surface area contributed by atoms with Crippen LogP contribution in [0.25, 0.3) is 0 Å². The number of hydrogen-bond acceptors (Lipinski definition) is 4. The van der Waals surface area contributed by atoms with Gasteiger partial charge in [-0.05, 0) is 54.9 Å². The SMILES string of the molecule is CCOC(=O)C(C)(C)Oc1ccc(OC)c(Br)c1. The highest BCUT2D eigenvalue weighted by atomic mass is 79.9. The highest BCUT2D eigenvalue weighted by Crippen LogP contribution is 2.30. The van der Waals surface area contributed by atoms with Crippen LogP contribution in [0.4, 0.5) is 0 Å². The van der Waals surface area contributed by atoms with Gasteiger partial charge in [-0.1, -0.05) is 0 Å². The fourth-order valence-corrected chi connectivity index (χ4v) is 1.87. The molecule has 0 radical (unpaired) electrons. The van der Waals surface area contributed by atoms with Gasteiger partial charge in [-0.25, -0.2) is 4.79 Å². The lowest BCUT2D eigenvalue weighted by molar-refractivity contribution is -0.158. The summed E-state index contributed by atoms with van der Waals surface area (Å²) in [4.78, 5) is 11.7. The molecule has 0 aliphatic carbocycles. The molecule has 0 atom stereocenters. The van der Waals surface area contributed by atoms with Crippen molar-refractivity contribution in [2.75, 3.05) is 13.7 Å². The predicted octanol–water partition coefficient (Wildman–Crippen LogP) is 3.18. The molecule has 1 aromatic carbocycles. The molecule has 0 bridgehead atoms. The van der Waals surface area contributed by atoms with Crippen molar-refractivity contribution in [3.8, 4) is 11.5 Å². The van der Waals surface area contributed by atoms with E-state index in [1.165, 1.54) is 0 Å². The summed E-state index contributed by atoms with van der Waals surface area (Å²) in [5.74, 6) is 0.883. The van der Waals surface area contributed by atoms with Gasteiger partial charge in [-0.2, -0.15) is 0 Å². The number of hydrogen-bond donors (Lipinski definition) is 0. The standard InChI is InChI=1S/C13H17BrO4/c1-5-17-12(15)13(2,3)18-9-6-7-11(16-4)10(14)8-9/h6-8H,5H2,1-4H3. The maximum absolute atomic E-state index is 11.7. The monoisotopic (exact) mass is 316 g/mol. The molecule has 0 saturated carbocycles. The molecule has 100 valence electrons. The smallest absolute Gasteiger partial charge is 0.349 e. The molecule has 0 N–H and O–H groups in total. The molecular formula is C13H17BrO4. The molecule has 0 aliphatic rings. The first-order chi connectivity index (χ1) is 8.40. The first kappa shape index (κ1) is 14.8. The Balaban J connectivity index is 2.84. The van der Waals surface area contributed by atoms with Crippen LogP contribution in [0.2, 0.25) is 0 Å². The molecule has 1 aromatic rings. The van der Waals surface area contributed by atoms with Crippen molar-refractivity contribution in [3.05, 3.63) is 22.7 Å². The van der Waals surface area contributed by atoms with E-state index in [1.54, 1.807) is 46.1 Å². The average molecular weight is 317 g/mol. The van der Waals surface area contributed by atoms with Gasteiger partial charge >= 0.3 is 5.97 Å². The summed E-state index contributed by atoms with van der Waals surface area (Å²) < 4.78 is 16.5. The number of esters is 1. The van der Waals surface area contributed by atoms with E-state index < -0.39 is 11.6 Å². The van der Waals surface area contributed by atoms with Crippen LogP contribution in [-0.4, -0.2) is 25.3 Å². The Hall–Kier alpha value is -1.23. The van der Waals surface area contributed by atoms with E-state index >= 15 is 0 Å². The molecule has 0 amide bonds. The fraction of sp³-hybridized carbons (Fsp3) is 0.462. The summed E-state index contributed by atoms with van der Waals surface area (Å²) >= 11 is 3.36. The molecular weight excluding hydrogens is 300 g/mol. The van der Waals surface area contributed by atoms with Crippen LogP contribution in [0.1, 0.15) is 20.8 Å². The van der Waals surface area contributed by atoms with E-state index in [0.717, 1.165) is 4.47 Å². The van der Waals surface area contributed by atoms with E-state index in [4.69, 9.17) is 14.2 Å². The summed E-state index contributed by atoms with van der Waals surface area (Å²) in [6.07, 6.45) is 0. The number of methoxy groups -OCH3 is 1. The normalized spacial score (nSPS) is 10.9. The molecule has 0 heterocycles. The first-order valence-corrected chi connectivity index (χ1v) is 6.39. The van der Waals surface area contributed by atoms with Crippen LogP contribution in [0.5, 0.6) is 11.5 Å². The van der Waals surface area contributed by atoms with Gasteiger partial charge in [-0.15, -0.1) is 0 Å². The molecule has 18 heavy (non-hydrogen) atoms. The quantitative estimate of drug-likeness (QED) is 0.783. The van der Waals surface area contributed by atoms with Crippen LogP contribution in [0.3, 0.4) is 0 Å². The number of halogens is 1. The van der Waals surface area contributed by atoms with E-state index in [-0.39, 0.29) is 0 Å². The van der Waals surface area contributed by atoms with Crippen LogP contribution in [-0.2, 0) is 9.53 Å². The van der Waals surface area contributed by atoms with Crippen LogP contribution < -0.4 is 9.47 Å². The Kier molecular flexibility index (Phi) is 5.02. The Morgan fingerprint density at radius 3 is 2.56 bits per heavy atom. The van der Waals surface area contributed by atoms with Gasteiger partial charge in [-0.3, -0.25) is 0 Å². The van der Waals surface area contributed by atoms with Gasteiger partial charge in [0.15, 0.2) is 5.60 Å². The van der Waals surface area contributed by atoms with Crippen LogP contribution in [0, 0.1) is 0 Å². The number of rotatable bonds is 5. The zero-order valence-electron chi connectivity index (χ0n) is 11.0. The summed E-state index contributed by atoms with van der Waals surface area (Å²) in [7, 11) is 1.59. The van der Waals surface area contributed by atoms with Crippen LogP contribution >= 0.6 is 15.9 Å². The second-order valence-electron chi connectivity index (χ2n) is 4.13. The number of ether oxygens (including phenoxy) is 3. The number of carbonyl (C=O) groups excluding carboxylic acids is 1. The minimum absolute atomic E-state index is 0.331. The first-order valence-electron chi connectivity index (χ1n) is 5.60. The van der Waals surface area contributed by atoms with Crippen molar-refractivity contribution in [2.45, 2.75) is 26.4 Å². The van der Waals surface area contributed by atoms with E-state index in [0.29, 0.717) is 18.1 Å². The van der Waals surface area contributed by atoms with Crippen molar-refractivity contribution in [1.29, 1.82) is 0 Å². The summed E-state index contributed by atoms with van der Waals surface area (Å²) in [5.41, 5.74) is -1.02. The van der Waals surface area contributed by atoms with Gasteiger partial charge < -0.3 is 14.2 Å². The van der Waals surface area contributed by atoms with Crippen molar-refractivity contribution < 1.29 is 19.0 Å². The Bertz CT molecular complexity index is 429. The predicted molar refractivity (Wildman–Crippen MR) is 72.0 cm³/mol. The second-order valence-corrected chi connectivity index (χ2v) is 4.98. The average Bonchev–Trinajstić information content (AvgIpc) is 2.29. The highest BCUT2D eigenvalue weighted by Gasteiger charge is 2.31. The third-order valence-corrected chi connectivity index (χ3v) is 2.88. The van der Waals surface area contributed by atoms with Crippen molar-refractivity contribution in [2.24, 2.45) is 0 Å². The molecule has 1 rings (SSSR count). The van der Waals surface area contributed by atoms with Gasteiger partial charge in [0.25, 0.3) is 0 Å². The third kappa shape index (κ3) is 3.63. The maximum Gasteiger partial charge on any atom is 0.349 e. The summed E-state index contributed by atoms with van der Waals surface area (Å²) in [6.45, 7) is 5.43. The minimum Gasteiger partial charge on any atom is -0.496 e. The Morgan fingerprint density at radius 2 is 2.06 bits per heavy atom.